The molecule has 0 aliphatic rings. The van der Waals surface area contributed by atoms with E-state index in [1.165, 1.54) is 7.05 Å². The molecule has 0 saturated carbocycles. The summed E-state index contributed by atoms with van der Waals surface area (Å²) in [6.07, 6.45) is 0. The van der Waals surface area contributed by atoms with Crippen LogP contribution >= 0.6 is 0 Å². The number of benzene rings is 2. The molecule has 0 saturated heterocycles. The molecule has 0 radical (unpaired) electrons. The smallest absolute Gasteiger partial charge is 0.319 e. The average Bonchev–Trinajstić information content (AvgIpc) is 2.68. The van der Waals surface area contributed by atoms with Gasteiger partial charge in [-0.1, -0.05) is 32.0 Å². The van der Waals surface area contributed by atoms with Crippen molar-refractivity contribution < 1.29 is 14.4 Å². The lowest BCUT2D eigenvalue weighted by Crippen LogP contribution is -2.48. The molecule has 1 unspecified atom stereocenters. The van der Waals surface area contributed by atoms with E-state index in [0.29, 0.717) is 17.1 Å². The van der Waals surface area contributed by atoms with Gasteiger partial charge in [0.15, 0.2) is 0 Å². The van der Waals surface area contributed by atoms with Crippen LogP contribution in [0.1, 0.15) is 13.8 Å². The van der Waals surface area contributed by atoms with Crippen molar-refractivity contribution in [1.29, 1.82) is 0 Å². The van der Waals surface area contributed by atoms with Crippen molar-refractivity contribution in [2.75, 3.05) is 23.0 Å². The first-order valence-corrected chi connectivity index (χ1v) is 8.91. The van der Waals surface area contributed by atoms with E-state index in [1.54, 1.807) is 36.4 Å². The van der Waals surface area contributed by atoms with Gasteiger partial charge in [0.2, 0.25) is 5.91 Å². The molecule has 5 amide bonds. The SMILES string of the molecule is CNC(=O)Nc1ccc(NC(=O)C(NC(=O)Nc2ccccc2)C(C)C)cc1. The standard InChI is InChI=1S/C20H25N5O3/c1-13(2)17(25-20(28)24-14-7-5-4-6-8-14)18(26)22-15-9-11-16(12-10-15)23-19(27)21-3/h4-13,17H,1-3H3,(H,22,26)(H2,21,23,27)(H2,24,25,28). The van der Waals surface area contributed by atoms with E-state index in [9.17, 15) is 14.4 Å². The number of carbonyl (C=O) groups is 3. The second-order valence-electron chi connectivity index (χ2n) is 6.46. The second-order valence-corrected chi connectivity index (χ2v) is 6.46. The molecule has 5 N–H and O–H groups in total. The highest BCUT2D eigenvalue weighted by molar-refractivity contribution is 5.99. The van der Waals surface area contributed by atoms with Crippen molar-refractivity contribution in [3.63, 3.8) is 0 Å². The number of anilines is 3. The van der Waals surface area contributed by atoms with E-state index in [0.717, 1.165) is 0 Å². The Morgan fingerprint density at radius 1 is 0.714 bits per heavy atom. The van der Waals surface area contributed by atoms with Gasteiger partial charge in [0, 0.05) is 24.1 Å². The Morgan fingerprint density at radius 2 is 1.21 bits per heavy atom. The molecule has 0 spiro atoms. The Hall–Kier alpha value is -3.55. The van der Waals surface area contributed by atoms with E-state index >= 15 is 0 Å². The number of carbonyl (C=O) groups excluding carboxylic acids is 3. The Morgan fingerprint density at radius 3 is 1.75 bits per heavy atom. The highest BCUT2D eigenvalue weighted by Crippen LogP contribution is 2.15. The summed E-state index contributed by atoms with van der Waals surface area (Å²) in [7, 11) is 1.52. The van der Waals surface area contributed by atoms with Gasteiger partial charge in [-0.05, 0) is 42.3 Å². The normalized spacial score (nSPS) is 11.3. The molecule has 1 atom stereocenters. The van der Waals surface area contributed by atoms with Gasteiger partial charge in [0.1, 0.15) is 6.04 Å². The number of rotatable bonds is 6. The minimum atomic E-state index is -0.715. The van der Waals surface area contributed by atoms with Gasteiger partial charge in [0.05, 0.1) is 0 Å². The molecule has 0 aromatic heterocycles. The maximum atomic E-state index is 12.6. The minimum absolute atomic E-state index is 0.115. The molecule has 8 nitrogen and oxygen atoms in total. The maximum Gasteiger partial charge on any atom is 0.319 e. The van der Waals surface area contributed by atoms with Crippen molar-refractivity contribution in [3.8, 4) is 0 Å². The van der Waals surface area contributed by atoms with Crippen LogP contribution in [-0.4, -0.2) is 31.1 Å². The monoisotopic (exact) mass is 383 g/mol. The summed E-state index contributed by atoms with van der Waals surface area (Å²) in [6, 6.07) is 14.2. The van der Waals surface area contributed by atoms with Crippen molar-refractivity contribution in [1.82, 2.24) is 10.6 Å². The summed E-state index contributed by atoms with van der Waals surface area (Å²) < 4.78 is 0. The molecule has 148 valence electrons. The van der Waals surface area contributed by atoms with Gasteiger partial charge in [0.25, 0.3) is 0 Å². The maximum absolute atomic E-state index is 12.6. The molecular formula is C20H25N5O3. The van der Waals surface area contributed by atoms with Crippen molar-refractivity contribution >= 4 is 35.0 Å². The molecule has 8 heteroatoms. The van der Waals surface area contributed by atoms with Gasteiger partial charge in [-0.3, -0.25) is 4.79 Å². The summed E-state index contributed by atoms with van der Waals surface area (Å²) in [5, 5.41) is 13.3. The largest absolute Gasteiger partial charge is 0.341 e. The van der Waals surface area contributed by atoms with Gasteiger partial charge < -0.3 is 26.6 Å². The fourth-order valence-electron chi connectivity index (χ4n) is 2.42. The molecule has 0 heterocycles. The first-order valence-electron chi connectivity index (χ1n) is 8.91. The van der Waals surface area contributed by atoms with Crippen LogP contribution in [0, 0.1) is 5.92 Å². The Bertz CT molecular complexity index is 806. The third kappa shape index (κ3) is 6.31. The first kappa shape index (κ1) is 20.8. The number of hydrogen-bond donors (Lipinski definition) is 5. The summed E-state index contributed by atoms with van der Waals surface area (Å²) >= 11 is 0. The zero-order valence-corrected chi connectivity index (χ0v) is 16.1. The first-order chi connectivity index (χ1) is 13.4. The minimum Gasteiger partial charge on any atom is -0.341 e. The van der Waals surface area contributed by atoms with Crippen molar-refractivity contribution in [3.05, 3.63) is 54.6 Å². The Balaban J connectivity index is 1.96. The Labute approximate surface area is 164 Å². The lowest BCUT2D eigenvalue weighted by molar-refractivity contribution is -0.118. The van der Waals surface area contributed by atoms with Crippen molar-refractivity contribution in [2.45, 2.75) is 19.9 Å². The van der Waals surface area contributed by atoms with Gasteiger partial charge in [-0.15, -0.1) is 0 Å². The molecule has 0 fully saturated rings. The van der Waals surface area contributed by atoms with Crippen LogP contribution in [-0.2, 0) is 4.79 Å². The molecule has 2 aromatic carbocycles. The van der Waals surface area contributed by atoms with Crippen molar-refractivity contribution in [2.24, 2.45) is 5.92 Å². The third-order valence-corrected chi connectivity index (χ3v) is 3.90. The lowest BCUT2D eigenvalue weighted by atomic mass is 10.0. The van der Waals surface area contributed by atoms with Gasteiger partial charge in [-0.2, -0.15) is 0 Å². The molecule has 28 heavy (non-hydrogen) atoms. The number of hydrogen-bond acceptors (Lipinski definition) is 3. The molecule has 0 aliphatic carbocycles. The van der Waals surface area contributed by atoms with Crippen LogP contribution in [0.15, 0.2) is 54.6 Å². The third-order valence-electron chi connectivity index (χ3n) is 3.90. The highest BCUT2D eigenvalue weighted by atomic mass is 16.2. The summed E-state index contributed by atoms with van der Waals surface area (Å²) in [4.78, 5) is 36.1. The van der Waals surface area contributed by atoms with Crippen LogP contribution < -0.4 is 26.6 Å². The van der Waals surface area contributed by atoms with Crippen LogP contribution in [0.5, 0.6) is 0 Å². The molecule has 0 bridgehead atoms. The number of urea groups is 2. The lowest BCUT2D eigenvalue weighted by Gasteiger charge is -2.22. The van der Waals surface area contributed by atoms with E-state index < -0.39 is 12.1 Å². The van der Waals surface area contributed by atoms with E-state index in [-0.39, 0.29) is 17.9 Å². The van der Waals surface area contributed by atoms with Crippen LogP contribution in [0.2, 0.25) is 0 Å². The average molecular weight is 383 g/mol. The molecular weight excluding hydrogens is 358 g/mol. The van der Waals surface area contributed by atoms with E-state index in [4.69, 9.17) is 0 Å². The molecule has 0 aliphatic heterocycles. The molecule has 2 rings (SSSR count). The topological polar surface area (TPSA) is 111 Å². The van der Waals surface area contributed by atoms with E-state index in [2.05, 4.69) is 26.6 Å². The number of amides is 5. The summed E-state index contributed by atoms with van der Waals surface area (Å²) in [6.45, 7) is 3.70. The summed E-state index contributed by atoms with van der Waals surface area (Å²) in [5.41, 5.74) is 1.80. The highest BCUT2D eigenvalue weighted by Gasteiger charge is 2.24. The predicted molar refractivity (Wildman–Crippen MR) is 110 cm³/mol. The zero-order valence-electron chi connectivity index (χ0n) is 16.1. The second kappa shape index (κ2) is 9.96. The van der Waals surface area contributed by atoms with E-state index in [1.807, 2.05) is 32.0 Å². The zero-order chi connectivity index (χ0) is 20.5. The van der Waals surface area contributed by atoms with Crippen LogP contribution in [0.3, 0.4) is 0 Å². The fourth-order valence-corrected chi connectivity index (χ4v) is 2.42. The van der Waals surface area contributed by atoms with Gasteiger partial charge >= 0.3 is 12.1 Å². The molecule has 2 aromatic rings. The summed E-state index contributed by atoms with van der Waals surface area (Å²) in [5.74, 6) is -0.444. The quantitative estimate of drug-likeness (QED) is 0.528. The Kier molecular flexibility index (Phi) is 7.38. The predicted octanol–water partition coefficient (Wildman–Crippen LogP) is 3.22. The number of nitrogens with one attached hydrogen (secondary N) is 5. The van der Waals surface area contributed by atoms with Gasteiger partial charge in [-0.25, -0.2) is 9.59 Å². The van der Waals surface area contributed by atoms with Crippen LogP contribution in [0.25, 0.3) is 0 Å². The van der Waals surface area contributed by atoms with Crippen LogP contribution in [0.4, 0.5) is 26.7 Å². The fraction of sp³-hybridized carbons (Fsp3) is 0.250. The number of para-hydroxylation sites is 1.